The topological polar surface area (TPSA) is 127 Å². The van der Waals surface area contributed by atoms with Crippen molar-refractivity contribution in [2.75, 3.05) is 48.9 Å². The van der Waals surface area contributed by atoms with E-state index in [4.69, 9.17) is 9.47 Å². The Morgan fingerprint density at radius 3 is 2.48 bits per heavy atom. The number of rotatable bonds is 9. The predicted octanol–water partition coefficient (Wildman–Crippen LogP) is 5.41. The number of fused-ring (bicyclic) bond motifs is 1. The molecule has 4 aromatic rings. The van der Waals surface area contributed by atoms with Gasteiger partial charge in [0.05, 0.1) is 30.3 Å². The number of hydrogen-bond donors (Lipinski definition) is 3. The summed E-state index contributed by atoms with van der Waals surface area (Å²) in [7, 11) is 1.74. The van der Waals surface area contributed by atoms with Crippen LogP contribution in [0.5, 0.6) is 17.2 Å². The summed E-state index contributed by atoms with van der Waals surface area (Å²) in [4.78, 5) is 20.5. The number of amides is 1. The lowest BCUT2D eigenvalue weighted by Crippen LogP contribution is -2.23. The Hall–Kier alpha value is -4.29. The fraction of sp³-hybridized carbons (Fsp3) is 0.375. The largest absolute Gasteiger partial charge is 0.492 e. The Labute approximate surface area is 258 Å². The highest BCUT2D eigenvalue weighted by molar-refractivity contribution is 7.92. The van der Waals surface area contributed by atoms with Crippen LogP contribution in [0.1, 0.15) is 43.2 Å². The van der Waals surface area contributed by atoms with Gasteiger partial charge in [-0.25, -0.2) is 13.4 Å². The highest BCUT2D eigenvalue weighted by atomic mass is 32.2. The lowest BCUT2D eigenvalue weighted by molar-refractivity contribution is 0.101. The van der Waals surface area contributed by atoms with Gasteiger partial charge in [-0.3, -0.25) is 9.52 Å². The molecule has 234 valence electrons. The number of nitrogens with zero attached hydrogens (tertiary/aromatic N) is 3. The summed E-state index contributed by atoms with van der Waals surface area (Å²) < 4.78 is 40.5. The van der Waals surface area contributed by atoms with Crippen LogP contribution >= 0.6 is 0 Å². The van der Waals surface area contributed by atoms with E-state index in [0.29, 0.717) is 28.9 Å². The third-order valence-corrected chi connectivity index (χ3v) is 8.25. The number of carbonyl (C=O) groups is 1. The third-order valence-electron chi connectivity index (χ3n) is 7.66. The fourth-order valence-corrected chi connectivity index (χ4v) is 6.01. The Balaban J connectivity index is 1.45. The molecule has 44 heavy (non-hydrogen) atoms. The van der Waals surface area contributed by atoms with Gasteiger partial charge in [-0.15, -0.1) is 0 Å². The maximum absolute atomic E-state index is 13.7. The minimum absolute atomic E-state index is 0.214. The molecule has 2 aromatic heterocycles. The average Bonchev–Trinajstić information content (AvgIpc) is 3.50. The maximum atomic E-state index is 13.7. The van der Waals surface area contributed by atoms with E-state index in [1.165, 1.54) is 7.11 Å². The fourth-order valence-electron chi connectivity index (χ4n) is 5.46. The number of aryl methyl sites for hydroxylation is 1. The van der Waals surface area contributed by atoms with Crippen molar-refractivity contribution < 1.29 is 22.7 Å². The second-order valence-corrected chi connectivity index (χ2v) is 14.1. The van der Waals surface area contributed by atoms with Crippen molar-refractivity contribution in [2.24, 2.45) is 7.05 Å². The Morgan fingerprint density at radius 2 is 1.82 bits per heavy atom. The van der Waals surface area contributed by atoms with Crippen molar-refractivity contribution in [1.82, 2.24) is 14.5 Å². The second kappa shape index (κ2) is 12.0. The molecule has 1 fully saturated rings. The minimum atomic E-state index is -3.61. The molecule has 11 nitrogen and oxygen atoms in total. The number of hydrogen-bond acceptors (Lipinski definition) is 8. The normalized spacial score (nSPS) is 15.8. The molecule has 1 unspecified atom stereocenters. The SMILES string of the molecule is COc1c(NC(=O)c2cc3cccc(Oc4ccnc(NC5CCN(C)C5)c4)c3n2C)cc(C(C)(C)C)cc1NS(C)(=O)=O. The standard InChI is InChI=1S/C32H40N6O5S/c1-32(2,3)21-16-24(30(42-6)25(17-21)36-44(7,40)41)35-31(39)26-15-20-9-8-10-27(29(20)38(26)5)43-23-11-13-33-28(18-23)34-22-12-14-37(4)19-22/h8-11,13,15-18,22,36H,12,14,19H2,1-7H3,(H,33,34)(H,35,39). The van der Waals surface area contributed by atoms with Gasteiger partial charge in [0.1, 0.15) is 17.3 Å². The zero-order chi connectivity index (χ0) is 31.8. The molecule has 1 amide bonds. The number of benzene rings is 2. The van der Waals surface area contributed by atoms with Crippen LogP contribution in [0.4, 0.5) is 17.2 Å². The van der Waals surface area contributed by atoms with E-state index < -0.39 is 10.0 Å². The first-order chi connectivity index (χ1) is 20.7. The van der Waals surface area contributed by atoms with Crippen LogP contribution in [0.2, 0.25) is 0 Å². The van der Waals surface area contributed by atoms with Crippen LogP contribution in [0, 0.1) is 0 Å². The van der Waals surface area contributed by atoms with E-state index in [1.807, 2.05) is 45.0 Å². The maximum Gasteiger partial charge on any atom is 0.272 e. The van der Waals surface area contributed by atoms with E-state index in [-0.39, 0.29) is 22.8 Å². The van der Waals surface area contributed by atoms with Gasteiger partial charge < -0.3 is 29.6 Å². The highest BCUT2D eigenvalue weighted by Gasteiger charge is 2.24. The second-order valence-electron chi connectivity index (χ2n) is 12.3. The molecule has 0 saturated carbocycles. The Kier molecular flexibility index (Phi) is 8.50. The van der Waals surface area contributed by atoms with Crippen molar-refractivity contribution >= 4 is 44.0 Å². The molecule has 1 aliphatic heterocycles. The van der Waals surface area contributed by atoms with Gasteiger partial charge in [0, 0.05) is 37.3 Å². The minimum Gasteiger partial charge on any atom is -0.492 e. The number of sulfonamides is 1. The molecule has 2 aromatic carbocycles. The predicted molar refractivity (Wildman–Crippen MR) is 175 cm³/mol. The Morgan fingerprint density at radius 1 is 1.07 bits per heavy atom. The number of methoxy groups -OCH3 is 1. The number of para-hydroxylation sites is 1. The van der Waals surface area contributed by atoms with Crippen molar-refractivity contribution in [3.8, 4) is 17.2 Å². The molecular weight excluding hydrogens is 580 g/mol. The summed E-state index contributed by atoms with van der Waals surface area (Å²) in [5.41, 5.74) is 2.22. The van der Waals surface area contributed by atoms with Crippen molar-refractivity contribution in [3.63, 3.8) is 0 Å². The van der Waals surface area contributed by atoms with Crippen molar-refractivity contribution in [1.29, 1.82) is 0 Å². The number of carbonyl (C=O) groups excluding carboxylic acids is 1. The summed E-state index contributed by atoms with van der Waals surface area (Å²) in [5.74, 6) is 1.79. The summed E-state index contributed by atoms with van der Waals surface area (Å²) in [6.45, 7) is 8.02. The lowest BCUT2D eigenvalue weighted by Gasteiger charge is -2.24. The van der Waals surface area contributed by atoms with Crippen LogP contribution in [-0.4, -0.2) is 68.3 Å². The van der Waals surface area contributed by atoms with E-state index >= 15 is 0 Å². The van der Waals surface area contributed by atoms with Crippen LogP contribution in [0.15, 0.2) is 54.7 Å². The quantitative estimate of drug-likeness (QED) is 0.227. The molecule has 12 heteroatoms. The van der Waals surface area contributed by atoms with Gasteiger partial charge in [0.15, 0.2) is 11.5 Å². The molecule has 0 bridgehead atoms. The number of aromatic nitrogens is 2. The molecule has 3 N–H and O–H groups in total. The number of anilines is 3. The molecule has 0 spiro atoms. The first kappa shape index (κ1) is 31.1. The zero-order valence-corrected chi connectivity index (χ0v) is 27.0. The molecular formula is C32H40N6O5S. The summed E-state index contributed by atoms with van der Waals surface area (Å²) >= 11 is 0. The number of nitrogens with one attached hydrogen (secondary N) is 3. The van der Waals surface area contributed by atoms with Crippen LogP contribution < -0.4 is 24.8 Å². The van der Waals surface area contributed by atoms with Gasteiger partial charge in [-0.05, 0) is 61.3 Å². The first-order valence-corrected chi connectivity index (χ1v) is 16.3. The Bertz CT molecular complexity index is 1810. The average molecular weight is 621 g/mol. The van der Waals surface area contributed by atoms with E-state index in [1.54, 1.807) is 42.1 Å². The molecule has 5 rings (SSSR count). The molecule has 1 saturated heterocycles. The summed E-state index contributed by atoms with van der Waals surface area (Å²) in [6.07, 6.45) is 3.84. The molecule has 1 atom stereocenters. The number of ether oxygens (including phenoxy) is 2. The first-order valence-electron chi connectivity index (χ1n) is 14.4. The van der Waals surface area contributed by atoms with Gasteiger partial charge in [0.25, 0.3) is 5.91 Å². The van der Waals surface area contributed by atoms with Gasteiger partial charge in [-0.2, -0.15) is 0 Å². The monoisotopic (exact) mass is 620 g/mol. The smallest absolute Gasteiger partial charge is 0.272 e. The van der Waals surface area contributed by atoms with Crippen molar-refractivity contribution in [2.45, 2.75) is 38.6 Å². The molecule has 0 aliphatic carbocycles. The summed E-state index contributed by atoms with van der Waals surface area (Å²) in [5, 5.41) is 7.27. The van der Waals surface area contributed by atoms with Crippen LogP contribution in [-0.2, 0) is 22.5 Å². The lowest BCUT2D eigenvalue weighted by atomic mass is 9.86. The van der Waals surface area contributed by atoms with E-state index in [2.05, 4.69) is 32.3 Å². The number of pyridine rings is 1. The summed E-state index contributed by atoms with van der Waals surface area (Å²) in [6, 6.07) is 15.0. The highest BCUT2D eigenvalue weighted by Crippen LogP contribution is 2.40. The number of likely N-dealkylation sites (tertiary alicyclic amines) is 1. The van der Waals surface area contributed by atoms with Crippen LogP contribution in [0.25, 0.3) is 10.9 Å². The molecule has 0 radical (unpaired) electrons. The molecule has 3 heterocycles. The van der Waals surface area contributed by atoms with Gasteiger partial charge in [-0.1, -0.05) is 32.9 Å². The van der Waals surface area contributed by atoms with Crippen molar-refractivity contribution in [3.05, 3.63) is 66.0 Å². The number of likely N-dealkylation sites (N-methyl/N-ethyl adjacent to an activating group) is 1. The molecule has 1 aliphatic rings. The van der Waals surface area contributed by atoms with Gasteiger partial charge in [0.2, 0.25) is 10.0 Å². The van der Waals surface area contributed by atoms with E-state index in [9.17, 15) is 13.2 Å². The zero-order valence-electron chi connectivity index (χ0n) is 26.2. The van der Waals surface area contributed by atoms with Gasteiger partial charge >= 0.3 is 0 Å². The van der Waals surface area contributed by atoms with E-state index in [0.717, 1.165) is 48.1 Å². The third kappa shape index (κ3) is 6.92. The van der Waals surface area contributed by atoms with Crippen LogP contribution in [0.3, 0.4) is 0 Å².